The molecule has 3 rings (SSSR count). The molecule has 3 amide bonds. The molecule has 1 aromatic carbocycles. The van der Waals surface area contributed by atoms with Crippen molar-refractivity contribution in [1.29, 1.82) is 0 Å². The average Bonchev–Trinajstić information content (AvgIpc) is 2.92. The molecule has 9 nitrogen and oxygen atoms in total. The molecule has 2 heterocycles. The van der Waals surface area contributed by atoms with E-state index in [0.29, 0.717) is 5.56 Å². The van der Waals surface area contributed by atoms with E-state index in [1.165, 1.54) is 24.1 Å². The van der Waals surface area contributed by atoms with Crippen molar-refractivity contribution < 1.29 is 22.8 Å². The molecule has 2 aliphatic rings. The van der Waals surface area contributed by atoms with Gasteiger partial charge in [-0.25, -0.2) is 8.42 Å². The van der Waals surface area contributed by atoms with Crippen LogP contribution in [0.5, 0.6) is 0 Å². The highest BCUT2D eigenvalue weighted by molar-refractivity contribution is 7.89. The fraction of sp³-hybridized carbons (Fsp3) is 0.438. The zero-order chi connectivity index (χ0) is 19.1. The SMILES string of the molecule is CN(CCN)S(=O)(=O)c1cccc2c1CN(C1CCC(=O)NC1=O)C2=O. The maximum Gasteiger partial charge on any atom is 0.255 e. The van der Waals surface area contributed by atoms with Crippen molar-refractivity contribution in [3.63, 3.8) is 0 Å². The van der Waals surface area contributed by atoms with Crippen molar-refractivity contribution in [1.82, 2.24) is 14.5 Å². The van der Waals surface area contributed by atoms with Crippen molar-refractivity contribution >= 4 is 27.7 Å². The summed E-state index contributed by atoms with van der Waals surface area (Å²) in [6, 6.07) is 3.71. The number of amides is 3. The van der Waals surface area contributed by atoms with Gasteiger partial charge in [-0.05, 0) is 18.6 Å². The summed E-state index contributed by atoms with van der Waals surface area (Å²) in [6.45, 7) is 0.329. The number of carbonyl (C=O) groups is 3. The van der Waals surface area contributed by atoms with Gasteiger partial charge in [0, 0.05) is 44.2 Å². The van der Waals surface area contributed by atoms with E-state index in [0.717, 1.165) is 4.31 Å². The van der Waals surface area contributed by atoms with Crippen LogP contribution in [0.15, 0.2) is 23.1 Å². The van der Waals surface area contributed by atoms with Gasteiger partial charge in [0.25, 0.3) is 5.91 Å². The number of hydrogen-bond acceptors (Lipinski definition) is 6. The van der Waals surface area contributed by atoms with Crippen molar-refractivity contribution in [2.24, 2.45) is 5.73 Å². The molecule has 0 aromatic heterocycles. The van der Waals surface area contributed by atoms with Crippen LogP contribution in [-0.2, 0) is 26.2 Å². The fourth-order valence-corrected chi connectivity index (χ4v) is 4.69. The van der Waals surface area contributed by atoms with Crippen LogP contribution in [0.25, 0.3) is 0 Å². The number of nitrogens with one attached hydrogen (secondary N) is 1. The molecule has 1 saturated heterocycles. The molecule has 0 aliphatic carbocycles. The summed E-state index contributed by atoms with van der Waals surface area (Å²) in [4.78, 5) is 37.5. The van der Waals surface area contributed by atoms with Crippen LogP contribution in [0.2, 0.25) is 0 Å². The third kappa shape index (κ3) is 3.00. The van der Waals surface area contributed by atoms with Crippen molar-refractivity contribution in [2.45, 2.75) is 30.3 Å². The van der Waals surface area contributed by atoms with Gasteiger partial charge in [-0.15, -0.1) is 0 Å². The minimum absolute atomic E-state index is 0.00626. The highest BCUT2D eigenvalue weighted by atomic mass is 32.2. The molecule has 0 radical (unpaired) electrons. The Morgan fingerprint density at radius 2 is 2.04 bits per heavy atom. The Balaban J connectivity index is 1.96. The number of sulfonamides is 1. The average molecular weight is 380 g/mol. The molecule has 1 fully saturated rings. The van der Waals surface area contributed by atoms with Crippen LogP contribution in [-0.4, -0.2) is 61.5 Å². The zero-order valence-electron chi connectivity index (χ0n) is 14.3. The van der Waals surface area contributed by atoms with Gasteiger partial charge < -0.3 is 10.6 Å². The lowest BCUT2D eigenvalue weighted by atomic mass is 10.0. The highest BCUT2D eigenvalue weighted by Gasteiger charge is 2.41. The first-order valence-electron chi connectivity index (χ1n) is 8.20. The summed E-state index contributed by atoms with van der Waals surface area (Å²) in [6.07, 6.45) is 0.362. The molecule has 1 atom stereocenters. The van der Waals surface area contributed by atoms with Crippen LogP contribution >= 0.6 is 0 Å². The highest BCUT2D eigenvalue weighted by Crippen LogP contribution is 2.32. The number of rotatable bonds is 5. The van der Waals surface area contributed by atoms with Gasteiger partial charge in [0.1, 0.15) is 6.04 Å². The van der Waals surface area contributed by atoms with E-state index in [1.807, 2.05) is 0 Å². The number of hydrogen-bond donors (Lipinski definition) is 2. The van der Waals surface area contributed by atoms with E-state index in [-0.39, 0.29) is 48.8 Å². The van der Waals surface area contributed by atoms with Gasteiger partial charge in [-0.2, -0.15) is 4.31 Å². The normalized spacial score (nSPS) is 20.5. The first-order chi connectivity index (χ1) is 12.3. The Morgan fingerprint density at radius 3 is 2.69 bits per heavy atom. The molecule has 10 heteroatoms. The first kappa shape index (κ1) is 18.5. The number of piperidine rings is 1. The molecule has 1 unspecified atom stereocenters. The van der Waals surface area contributed by atoms with Gasteiger partial charge in [0.05, 0.1) is 4.90 Å². The topological polar surface area (TPSA) is 130 Å². The molecule has 1 aromatic rings. The number of nitrogens with two attached hydrogens (primary N) is 1. The molecule has 2 aliphatic heterocycles. The lowest BCUT2D eigenvalue weighted by molar-refractivity contribution is -0.136. The summed E-state index contributed by atoms with van der Waals surface area (Å²) >= 11 is 0. The predicted octanol–water partition coefficient (Wildman–Crippen LogP) is -0.973. The predicted molar refractivity (Wildman–Crippen MR) is 91.4 cm³/mol. The minimum Gasteiger partial charge on any atom is -0.329 e. The maximum atomic E-state index is 12.8. The lowest BCUT2D eigenvalue weighted by Gasteiger charge is -2.29. The number of likely N-dealkylation sites (N-methyl/N-ethyl adjacent to an activating group) is 1. The summed E-state index contributed by atoms with van der Waals surface area (Å²) in [5.41, 5.74) is 6.07. The monoisotopic (exact) mass is 380 g/mol. The Kier molecular flexibility index (Phi) is 4.82. The second kappa shape index (κ2) is 6.78. The quantitative estimate of drug-likeness (QED) is 0.632. The third-order valence-corrected chi connectivity index (χ3v) is 6.61. The van der Waals surface area contributed by atoms with E-state index in [2.05, 4.69) is 5.32 Å². The summed E-state index contributed by atoms with van der Waals surface area (Å²) in [7, 11) is -2.38. The van der Waals surface area contributed by atoms with Gasteiger partial charge in [-0.1, -0.05) is 6.07 Å². The second-order valence-corrected chi connectivity index (χ2v) is 8.31. The molecule has 140 valence electrons. The van der Waals surface area contributed by atoms with Gasteiger partial charge >= 0.3 is 0 Å². The molecule has 3 N–H and O–H groups in total. The third-order valence-electron chi connectivity index (χ3n) is 4.67. The van der Waals surface area contributed by atoms with E-state index < -0.39 is 27.9 Å². The van der Waals surface area contributed by atoms with E-state index >= 15 is 0 Å². The molecule has 0 bridgehead atoms. The van der Waals surface area contributed by atoms with Crippen LogP contribution in [0.4, 0.5) is 0 Å². The number of nitrogens with zero attached hydrogens (tertiary/aromatic N) is 2. The minimum atomic E-state index is -3.81. The van der Waals surface area contributed by atoms with Crippen LogP contribution in [0, 0.1) is 0 Å². The largest absolute Gasteiger partial charge is 0.329 e. The Morgan fingerprint density at radius 1 is 1.31 bits per heavy atom. The second-order valence-electron chi connectivity index (χ2n) is 6.30. The maximum absolute atomic E-state index is 12.8. The Bertz CT molecular complexity index is 883. The fourth-order valence-electron chi connectivity index (χ4n) is 3.27. The van der Waals surface area contributed by atoms with Crippen molar-refractivity contribution in [3.8, 4) is 0 Å². The summed E-state index contributed by atoms with van der Waals surface area (Å²) in [5.74, 6) is -1.32. The number of benzene rings is 1. The molecule has 26 heavy (non-hydrogen) atoms. The Hall–Kier alpha value is -2.30. The van der Waals surface area contributed by atoms with Gasteiger partial charge in [0.15, 0.2) is 0 Å². The van der Waals surface area contributed by atoms with Gasteiger partial charge in [-0.3, -0.25) is 19.7 Å². The first-order valence-corrected chi connectivity index (χ1v) is 9.64. The number of carbonyl (C=O) groups excluding carboxylic acids is 3. The van der Waals surface area contributed by atoms with E-state index in [1.54, 1.807) is 6.07 Å². The van der Waals surface area contributed by atoms with Crippen molar-refractivity contribution in [2.75, 3.05) is 20.1 Å². The molecule has 0 spiro atoms. The summed E-state index contributed by atoms with van der Waals surface area (Å²) in [5, 5.41) is 2.22. The van der Waals surface area contributed by atoms with Crippen molar-refractivity contribution in [3.05, 3.63) is 29.3 Å². The number of fused-ring (bicyclic) bond motifs is 1. The van der Waals surface area contributed by atoms with Crippen LogP contribution in [0.1, 0.15) is 28.8 Å². The lowest BCUT2D eigenvalue weighted by Crippen LogP contribution is -2.52. The van der Waals surface area contributed by atoms with Crippen LogP contribution < -0.4 is 11.1 Å². The van der Waals surface area contributed by atoms with E-state index in [4.69, 9.17) is 5.73 Å². The molecular formula is C16H20N4O5S. The van der Waals surface area contributed by atoms with Gasteiger partial charge in [0.2, 0.25) is 21.8 Å². The number of imide groups is 1. The Labute approximate surface area is 151 Å². The molecule has 0 saturated carbocycles. The standard InChI is InChI=1S/C16H20N4O5S/c1-19(8-7-17)26(24,25)13-4-2-3-10-11(13)9-20(16(10)23)12-5-6-14(21)18-15(12)22/h2-4,12H,5-9,17H2,1H3,(H,18,21,22). The molecular weight excluding hydrogens is 360 g/mol. The van der Waals surface area contributed by atoms with E-state index in [9.17, 15) is 22.8 Å². The summed E-state index contributed by atoms with van der Waals surface area (Å²) < 4.78 is 26.7. The smallest absolute Gasteiger partial charge is 0.255 e. The van der Waals surface area contributed by atoms with Crippen LogP contribution in [0.3, 0.4) is 0 Å². The zero-order valence-corrected chi connectivity index (χ0v) is 15.1.